The summed E-state index contributed by atoms with van der Waals surface area (Å²) in [5, 5.41) is 8.97. The lowest BCUT2D eigenvalue weighted by Crippen LogP contribution is -2.49. The lowest BCUT2D eigenvalue weighted by molar-refractivity contribution is -0.118. The molecule has 2 aromatic heterocycles. The Morgan fingerprint density at radius 2 is 1.89 bits per heavy atom. The number of hydrogen-bond acceptors (Lipinski definition) is 8. The number of nitrogens with one attached hydrogen (secondary N) is 3. The Morgan fingerprint density at radius 3 is 2.63 bits per heavy atom. The summed E-state index contributed by atoms with van der Waals surface area (Å²) >= 11 is 0. The molecule has 11 nitrogen and oxygen atoms in total. The molecule has 1 saturated carbocycles. The molecule has 4 heterocycles. The van der Waals surface area contributed by atoms with Crippen LogP contribution in [0.4, 0.5) is 17.3 Å². The van der Waals surface area contributed by atoms with Gasteiger partial charge in [-0.3, -0.25) is 23.9 Å². The molecule has 1 aliphatic carbocycles. The minimum absolute atomic E-state index is 0.178. The third kappa shape index (κ3) is 4.65. The van der Waals surface area contributed by atoms with E-state index in [0.29, 0.717) is 60.8 Å². The Labute approximate surface area is 203 Å². The van der Waals surface area contributed by atoms with E-state index in [0.717, 1.165) is 25.7 Å². The van der Waals surface area contributed by atoms with E-state index < -0.39 is 5.66 Å². The monoisotopic (exact) mass is 481 g/mol. The van der Waals surface area contributed by atoms with Crippen molar-refractivity contribution < 1.29 is 14.3 Å². The average Bonchev–Trinajstić information content (AvgIpc) is 3.12. The molecule has 0 bridgehead atoms. The molecular formula is C24H31N7O4. The molecule has 3 aliphatic rings. The number of ether oxygens (including phenoxy) is 1. The summed E-state index contributed by atoms with van der Waals surface area (Å²) in [4.78, 5) is 49.2. The first-order chi connectivity index (χ1) is 16.8. The number of aromatic nitrogens is 3. The summed E-state index contributed by atoms with van der Waals surface area (Å²) < 4.78 is 6.96. The predicted molar refractivity (Wildman–Crippen MR) is 130 cm³/mol. The van der Waals surface area contributed by atoms with Crippen LogP contribution in [0.25, 0.3) is 0 Å². The second-order valence-electron chi connectivity index (χ2n) is 9.75. The van der Waals surface area contributed by atoms with E-state index in [1.807, 2.05) is 11.8 Å². The molecule has 3 N–H and O–H groups in total. The van der Waals surface area contributed by atoms with Gasteiger partial charge in [-0.25, -0.2) is 9.97 Å². The molecule has 186 valence electrons. The van der Waals surface area contributed by atoms with Gasteiger partial charge in [-0.15, -0.1) is 0 Å². The molecule has 1 saturated heterocycles. The Bertz CT molecular complexity index is 1200. The van der Waals surface area contributed by atoms with Crippen molar-refractivity contribution in [3.05, 3.63) is 40.1 Å². The van der Waals surface area contributed by atoms with Crippen LogP contribution in [0.2, 0.25) is 0 Å². The molecule has 11 heteroatoms. The molecule has 1 spiro atoms. The van der Waals surface area contributed by atoms with Crippen molar-refractivity contribution in [2.45, 2.75) is 45.2 Å². The van der Waals surface area contributed by atoms with Crippen molar-refractivity contribution in [3.63, 3.8) is 0 Å². The molecule has 0 unspecified atom stereocenters. The number of pyridine rings is 1. The Balaban J connectivity index is 1.37. The van der Waals surface area contributed by atoms with Crippen molar-refractivity contribution in [3.8, 4) is 0 Å². The van der Waals surface area contributed by atoms with Gasteiger partial charge < -0.3 is 20.7 Å². The fourth-order valence-electron chi connectivity index (χ4n) is 5.22. The highest BCUT2D eigenvalue weighted by atomic mass is 16.5. The van der Waals surface area contributed by atoms with Crippen molar-refractivity contribution in [2.75, 3.05) is 43.5 Å². The Kier molecular flexibility index (Phi) is 6.28. The molecule has 0 radical (unpaired) electrons. The van der Waals surface area contributed by atoms with Gasteiger partial charge >= 0.3 is 0 Å². The quantitative estimate of drug-likeness (QED) is 0.587. The molecule has 2 fully saturated rings. The van der Waals surface area contributed by atoms with Crippen LogP contribution in [0.5, 0.6) is 0 Å². The number of morpholine rings is 1. The average molecular weight is 482 g/mol. The van der Waals surface area contributed by atoms with E-state index in [-0.39, 0.29) is 23.9 Å². The van der Waals surface area contributed by atoms with E-state index in [4.69, 9.17) is 4.74 Å². The molecular weight excluding hydrogens is 450 g/mol. The number of carbonyl (C=O) groups is 2. The van der Waals surface area contributed by atoms with Crippen molar-refractivity contribution >= 4 is 29.1 Å². The topological polar surface area (TPSA) is 130 Å². The maximum absolute atomic E-state index is 13.6. The van der Waals surface area contributed by atoms with Gasteiger partial charge in [0.05, 0.1) is 19.8 Å². The fourth-order valence-corrected chi connectivity index (χ4v) is 5.22. The second kappa shape index (κ2) is 9.38. The number of hydrogen-bond donors (Lipinski definition) is 3. The number of carbonyl (C=O) groups excluding carboxylic acids is 2. The van der Waals surface area contributed by atoms with E-state index in [2.05, 4.69) is 32.8 Å². The first kappa shape index (κ1) is 23.4. The first-order valence-electron chi connectivity index (χ1n) is 12.1. The smallest absolute Gasteiger partial charge is 0.276 e. The zero-order chi connectivity index (χ0) is 24.6. The van der Waals surface area contributed by atoms with E-state index in [9.17, 15) is 14.4 Å². The first-order valence-corrected chi connectivity index (χ1v) is 12.1. The minimum Gasteiger partial charge on any atom is -0.379 e. The molecule has 35 heavy (non-hydrogen) atoms. The third-order valence-electron chi connectivity index (χ3n) is 7.15. The molecule has 0 atom stereocenters. The van der Waals surface area contributed by atoms with Crippen LogP contribution in [0.1, 0.15) is 48.7 Å². The van der Waals surface area contributed by atoms with Crippen molar-refractivity contribution in [1.29, 1.82) is 0 Å². The van der Waals surface area contributed by atoms with Gasteiger partial charge in [0.25, 0.3) is 11.5 Å². The minimum atomic E-state index is -0.678. The van der Waals surface area contributed by atoms with E-state index in [1.54, 1.807) is 16.7 Å². The fraction of sp³-hybridized carbons (Fsp3) is 0.542. The number of amides is 2. The van der Waals surface area contributed by atoms with Crippen LogP contribution >= 0.6 is 0 Å². The van der Waals surface area contributed by atoms with Gasteiger partial charge in [0, 0.05) is 19.2 Å². The van der Waals surface area contributed by atoms with E-state index in [1.165, 1.54) is 6.33 Å². The summed E-state index contributed by atoms with van der Waals surface area (Å²) in [6, 6.07) is 3.27. The van der Waals surface area contributed by atoms with Gasteiger partial charge in [0.15, 0.2) is 0 Å². The lowest BCUT2D eigenvalue weighted by atomic mass is 9.83. The highest BCUT2D eigenvalue weighted by molar-refractivity contribution is 5.97. The van der Waals surface area contributed by atoms with Gasteiger partial charge in [-0.05, 0) is 50.2 Å². The molecule has 2 amide bonds. The number of rotatable bonds is 5. The summed E-state index contributed by atoms with van der Waals surface area (Å²) in [5.41, 5.74) is 0.519. The number of nitrogens with zero attached hydrogens (tertiary/aromatic N) is 4. The van der Waals surface area contributed by atoms with Gasteiger partial charge in [-0.1, -0.05) is 6.92 Å². The van der Waals surface area contributed by atoms with Crippen LogP contribution < -0.4 is 21.5 Å². The maximum Gasteiger partial charge on any atom is 0.276 e. The molecule has 2 aromatic rings. The number of anilines is 3. The predicted octanol–water partition coefficient (Wildman–Crippen LogP) is 1.57. The van der Waals surface area contributed by atoms with E-state index >= 15 is 0 Å². The SMILES string of the molecule is Cc1cc(Nc2cc(NC(=O)CN3CCOCC3)ncn2)c(=O)n2c1C(=O)NC21CCC(C)CC1. The summed E-state index contributed by atoms with van der Waals surface area (Å²) in [7, 11) is 0. The van der Waals surface area contributed by atoms with Crippen LogP contribution in [-0.4, -0.2) is 64.1 Å². The van der Waals surface area contributed by atoms with Gasteiger partial charge in [-0.2, -0.15) is 0 Å². The van der Waals surface area contributed by atoms with Crippen LogP contribution in [0.3, 0.4) is 0 Å². The van der Waals surface area contributed by atoms with Crippen molar-refractivity contribution in [1.82, 2.24) is 24.8 Å². The molecule has 2 aliphatic heterocycles. The highest BCUT2D eigenvalue weighted by Crippen LogP contribution is 2.39. The van der Waals surface area contributed by atoms with Crippen LogP contribution in [0, 0.1) is 12.8 Å². The van der Waals surface area contributed by atoms with Gasteiger partial charge in [0.2, 0.25) is 5.91 Å². The van der Waals surface area contributed by atoms with Crippen LogP contribution in [0.15, 0.2) is 23.3 Å². The third-order valence-corrected chi connectivity index (χ3v) is 7.15. The largest absolute Gasteiger partial charge is 0.379 e. The zero-order valence-electron chi connectivity index (χ0n) is 20.1. The number of fused-ring (bicyclic) bond motifs is 2. The zero-order valence-corrected chi connectivity index (χ0v) is 20.1. The Hall–Kier alpha value is -3.31. The maximum atomic E-state index is 13.6. The van der Waals surface area contributed by atoms with Gasteiger partial charge in [0.1, 0.15) is 35.0 Å². The number of aryl methyl sites for hydroxylation is 1. The lowest BCUT2D eigenvalue weighted by Gasteiger charge is -2.37. The summed E-state index contributed by atoms with van der Waals surface area (Å²) in [6.45, 7) is 6.94. The highest BCUT2D eigenvalue weighted by Gasteiger charge is 2.46. The summed E-state index contributed by atoms with van der Waals surface area (Å²) in [6.07, 6.45) is 4.68. The Morgan fingerprint density at radius 1 is 1.17 bits per heavy atom. The van der Waals surface area contributed by atoms with Crippen molar-refractivity contribution in [2.24, 2.45) is 5.92 Å². The second-order valence-corrected chi connectivity index (χ2v) is 9.75. The van der Waals surface area contributed by atoms with Crippen LogP contribution in [-0.2, 0) is 15.2 Å². The standard InChI is InChI=1S/C24H31N7O4/c1-15-3-5-24(6-4-15)29-22(33)21-16(2)11-17(23(34)31(21)24)27-18-12-19(26-14-25-18)28-20(32)13-30-7-9-35-10-8-30/h11-12,14-15H,3-10,13H2,1-2H3,(H,29,33)(H2,25,26,27,28,32). The summed E-state index contributed by atoms with van der Waals surface area (Å²) in [5.74, 6) is 0.907. The normalized spacial score (nSPS) is 24.2. The molecule has 0 aromatic carbocycles. The molecule has 5 rings (SSSR count).